The average Bonchev–Trinajstić information content (AvgIpc) is 2.33. The van der Waals surface area contributed by atoms with Crippen molar-refractivity contribution in [2.45, 2.75) is 32.9 Å². The zero-order valence-electron chi connectivity index (χ0n) is 12.3. The number of phenols is 1. The molecular weight excluding hydrogens is 282 g/mol. The molecule has 0 saturated heterocycles. The average molecular weight is 302 g/mol. The predicted molar refractivity (Wildman–Crippen MR) is 74.0 cm³/mol. The van der Waals surface area contributed by atoms with E-state index in [0.29, 0.717) is 18.7 Å². The van der Waals surface area contributed by atoms with Gasteiger partial charge >= 0.3 is 6.09 Å². The molecule has 0 aliphatic carbocycles. The normalized spacial score (nSPS) is 11.3. The SMILES string of the molecule is CC(C)(C)OC(=O)NCCNCc1cc(F)c(O)c(F)c1. The highest BCUT2D eigenvalue weighted by Gasteiger charge is 2.15. The lowest BCUT2D eigenvalue weighted by molar-refractivity contribution is 0.0528. The Labute approximate surface area is 122 Å². The van der Waals surface area contributed by atoms with Crippen LogP contribution in [0.3, 0.4) is 0 Å². The van der Waals surface area contributed by atoms with Crippen molar-refractivity contribution in [2.24, 2.45) is 0 Å². The van der Waals surface area contributed by atoms with Gasteiger partial charge in [-0.25, -0.2) is 13.6 Å². The molecule has 0 fully saturated rings. The molecule has 1 amide bonds. The Morgan fingerprint density at radius 3 is 2.33 bits per heavy atom. The first-order chi connectivity index (χ1) is 9.69. The molecule has 0 aliphatic rings. The van der Waals surface area contributed by atoms with Crippen LogP contribution in [-0.4, -0.2) is 29.9 Å². The number of alkyl carbamates (subject to hydrolysis) is 1. The van der Waals surface area contributed by atoms with Crippen molar-refractivity contribution in [3.8, 4) is 5.75 Å². The molecule has 118 valence electrons. The van der Waals surface area contributed by atoms with Crippen LogP contribution in [0, 0.1) is 11.6 Å². The molecule has 0 unspecified atom stereocenters. The van der Waals surface area contributed by atoms with Gasteiger partial charge in [0.2, 0.25) is 0 Å². The van der Waals surface area contributed by atoms with Crippen LogP contribution in [0.25, 0.3) is 0 Å². The smallest absolute Gasteiger partial charge is 0.407 e. The third-order valence-electron chi connectivity index (χ3n) is 2.38. The van der Waals surface area contributed by atoms with E-state index in [1.165, 1.54) is 0 Å². The Morgan fingerprint density at radius 1 is 1.24 bits per heavy atom. The lowest BCUT2D eigenvalue weighted by atomic mass is 10.2. The molecule has 0 heterocycles. The van der Waals surface area contributed by atoms with E-state index < -0.39 is 29.1 Å². The fraction of sp³-hybridized carbons (Fsp3) is 0.500. The summed E-state index contributed by atoms with van der Waals surface area (Å²) in [5.41, 5.74) is -0.196. The monoisotopic (exact) mass is 302 g/mol. The summed E-state index contributed by atoms with van der Waals surface area (Å²) in [6.07, 6.45) is -0.522. The van der Waals surface area contributed by atoms with E-state index in [1.54, 1.807) is 20.8 Å². The van der Waals surface area contributed by atoms with Crippen LogP contribution in [0.4, 0.5) is 13.6 Å². The second-order valence-electron chi connectivity index (χ2n) is 5.51. The Balaban J connectivity index is 2.27. The molecular formula is C14H20F2N2O3. The van der Waals surface area contributed by atoms with Crippen molar-refractivity contribution in [1.29, 1.82) is 0 Å². The van der Waals surface area contributed by atoms with Crippen LogP contribution in [0.5, 0.6) is 5.75 Å². The number of carbonyl (C=O) groups is 1. The van der Waals surface area contributed by atoms with Crippen molar-refractivity contribution in [2.75, 3.05) is 13.1 Å². The number of benzene rings is 1. The number of amides is 1. The van der Waals surface area contributed by atoms with Gasteiger partial charge in [0, 0.05) is 19.6 Å². The van der Waals surface area contributed by atoms with Gasteiger partial charge in [-0.05, 0) is 38.5 Å². The molecule has 0 bridgehead atoms. The largest absolute Gasteiger partial charge is 0.503 e. The third-order valence-corrected chi connectivity index (χ3v) is 2.38. The van der Waals surface area contributed by atoms with E-state index in [1.807, 2.05) is 0 Å². The van der Waals surface area contributed by atoms with Crippen LogP contribution in [-0.2, 0) is 11.3 Å². The zero-order chi connectivity index (χ0) is 16.0. The van der Waals surface area contributed by atoms with E-state index in [2.05, 4.69) is 10.6 Å². The molecule has 1 aromatic carbocycles. The highest BCUT2D eigenvalue weighted by molar-refractivity contribution is 5.67. The van der Waals surface area contributed by atoms with Crippen molar-refractivity contribution in [1.82, 2.24) is 10.6 Å². The standard InChI is InChI=1S/C14H20F2N2O3/c1-14(2,3)21-13(20)18-5-4-17-8-9-6-10(15)12(19)11(16)7-9/h6-7,17,19H,4-5,8H2,1-3H3,(H,18,20). The molecule has 0 aliphatic heterocycles. The number of aromatic hydroxyl groups is 1. The molecule has 0 atom stereocenters. The van der Waals surface area contributed by atoms with Crippen LogP contribution in [0.1, 0.15) is 26.3 Å². The van der Waals surface area contributed by atoms with Crippen molar-refractivity contribution < 1.29 is 23.4 Å². The summed E-state index contributed by atoms with van der Waals surface area (Å²) in [6.45, 7) is 6.22. The first-order valence-corrected chi connectivity index (χ1v) is 6.53. The number of ether oxygens (including phenoxy) is 1. The quantitative estimate of drug-likeness (QED) is 0.730. The van der Waals surface area contributed by atoms with Gasteiger partial charge in [0.15, 0.2) is 17.4 Å². The number of halogens is 2. The Hall–Kier alpha value is -1.89. The maximum Gasteiger partial charge on any atom is 0.407 e. The van der Waals surface area contributed by atoms with Gasteiger partial charge in [-0.15, -0.1) is 0 Å². The fourth-order valence-corrected chi connectivity index (χ4v) is 1.52. The number of nitrogens with one attached hydrogen (secondary N) is 2. The molecule has 21 heavy (non-hydrogen) atoms. The maximum absolute atomic E-state index is 13.1. The summed E-state index contributed by atoms with van der Waals surface area (Å²) in [5, 5.41) is 14.4. The topological polar surface area (TPSA) is 70.6 Å². The zero-order valence-corrected chi connectivity index (χ0v) is 12.3. The van der Waals surface area contributed by atoms with E-state index >= 15 is 0 Å². The molecule has 0 saturated carbocycles. The van der Waals surface area contributed by atoms with Gasteiger partial charge in [0.25, 0.3) is 0 Å². The number of carbonyl (C=O) groups excluding carboxylic acids is 1. The van der Waals surface area contributed by atoms with E-state index in [-0.39, 0.29) is 6.54 Å². The van der Waals surface area contributed by atoms with Gasteiger partial charge in [0.05, 0.1) is 0 Å². The van der Waals surface area contributed by atoms with Gasteiger partial charge in [-0.3, -0.25) is 0 Å². The van der Waals surface area contributed by atoms with Gasteiger partial charge in [-0.1, -0.05) is 0 Å². The minimum Gasteiger partial charge on any atom is -0.503 e. The third kappa shape index (κ3) is 6.40. The van der Waals surface area contributed by atoms with E-state index in [4.69, 9.17) is 9.84 Å². The molecule has 1 aromatic rings. The highest BCUT2D eigenvalue weighted by Crippen LogP contribution is 2.21. The van der Waals surface area contributed by atoms with Gasteiger partial charge < -0.3 is 20.5 Å². The summed E-state index contributed by atoms with van der Waals surface area (Å²) in [4.78, 5) is 11.3. The molecule has 1 rings (SSSR count). The highest BCUT2D eigenvalue weighted by atomic mass is 19.1. The number of phenolic OH excluding ortho intramolecular Hbond substituents is 1. The van der Waals surface area contributed by atoms with Crippen molar-refractivity contribution in [3.05, 3.63) is 29.3 Å². The van der Waals surface area contributed by atoms with E-state index in [9.17, 15) is 13.6 Å². The predicted octanol–water partition coefficient (Wildman–Crippen LogP) is 2.28. The van der Waals surface area contributed by atoms with Crippen molar-refractivity contribution >= 4 is 6.09 Å². The summed E-state index contributed by atoms with van der Waals surface area (Å²) in [5.74, 6) is -2.98. The summed E-state index contributed by atoms with van der Waals surface area (Å²) in [7, 11) is 0. The van der Waals surface area contributed by atoms with Gasteiger partial charge in [-0.2, -0.15) is 0 Å². The summed E-state index contributed by atoms with van der Waals surface area (Å²) >= 11 is 0. The van der Waals surface area contributed by atoms with Crippen molar-refractivity contribution in [3.63, 3.8) is 0 Å². The maximum atomic E-state index is 13.1. The van der Waals surface area contributed by atoms with Gasteiger partial charge in [0.1, 0.15) is 5.60 Å². The minimum atomic E-state index is -1.00. The summed E-state index contributed by atoms with van der Waals surface area (Å²) in [6, 6.07) is 2.10. The molecule has 3 N–H and O–H groups in total. The number of hydrogen-bond acceptors (Lipinski definition) is 4. The van der Waals surface area contributed by atoms with E-state index in [0.717, 1.165) is 12.1 Å². The molecule has 7 heteroatoms. The molecule has 0 aromatic heterocycles. The molecule has 0 spiro atoms. The second-order valence-corrected chi connectivity index (χ2v) is 5.51. The lowest BCUT2D eigenvalue weighted by Crippen LogP contribution is -2.36. The number of hydrogen-bond donors (Lipinski definition) is 3. The van der Waals surface area contributed by atoms with Crippen LogP contribution in [0.2, 0.25) is 0 Å². The second kappa shape index (κ2) is 7.21. The first-order valence-electron chi connectivity index (χ1n) is 6.53. The first kappa shape index (κ1) is 17.2. The van der Waals surface area contributed by atoms with Crippen LogP contribution < -0.4 is 10.6 Å². The minimum absolute atomic E-state index is 0.212. The lowest BCUT2D eigenvalue weighted by Gasteiger charge is -2.19. The Bertz CT molecular complexity index is 478. The fourth-order valence-electron chi connectivity index (χ4n) is 1.52. The Morgan fingerprint density at radius 2 is 1.81 bits per heavy atom. The number of rotatable bonds is 5. The Kier molecular flexibility index (Phi) is 5.90. The molecule has 5 nitrogen and oxygen atoms in total. The van der Waals surface area contributed by atoms with Crippen LogP contribution >= 0.6 is 0 Å². The molecule has 0 radical (unpaired) electrons. The summed E-state index contributed by atoms with van der Waals surface area (Å²) < 4.78 is 31.2. The van der Waals surface area contributed by atoms with Crippen LogP contribution in [0.15, 0.2) is 12.1 Å².